The molecule has 1 unspecified atom stereocenters. The second-order valence-corrected chi connectivity index (χ2v) is 3.53. The summed E-state index contributed by atoms with van der Waals surface area (Å²) in [5, 5.41) is 6.21. The standard InChI is InChI=1S/C11H14N2O.ClH/c14-11(9-4-2-1-3-5-9)13-10-6-7-12-8-10;/h1-5,10,12H,6-8H2,(H,13,14);1H. The molecule has 3 nitrogen and oxygen atoms in total. The quantitative estimate of drug-likeness (QED) is 0.796. The van der Waals surface area contributed by atoms with Crippen LogP contribution in [0.2, 0.25) is 0 Å². The van der Waals surface area contributed by atoms with Crippen molar-refractivity contribution in [1.82, 2.24) is 10.6 Å². The Morgan fingerprint density at radius 2 is 2.07 bits per heavy atom. The van der Waals surface area contributed by atoms with E-state index in [1.807, 2.05) is 30.3 Å². The van der Waals surface area contributed by atoms with Crippen molar-refractivity contribution in [2.75, 3.05) is 13.1 Å². The Balaban J connectivity index is 0.00000112. The number of benzene rings is 1. The third kappa shape index (κ3) is 3.22. The van der Waals surface area contributed by atoms with E-state index in [9.17, 15) is 4.79 Å². The van der Waals surface area contributed by atoms with Crippen LogP contribution in [0, 0.1) is 0 Å². The third-order valence-corrected chi connectivity index (χ3v) is 2.43. The SMILES string of the molecule is Cl.O=C(NC1CCNC1)c1ccccc1. The van der Waals surface area contributed by atoms with Crippen molar-refractivity contribution >= 4 is 18.3 Å². The van der Waals surface area contributed by atoms with Crippen LogP contribution in [0.1, 0.15) is 16.8 Å². The van der Waals surface area contributed by atoms with Crippen molar-refractivity contribution in [1.29, 1.82) is 0 Å². The molecule has 0 bridgehead atoms. The molecule has 2 N–H and O–H groups in total. The van der Waals surface area contributed by atoms with Gasteiger partial charge in [0.15, 0.2) is 0 Å². The Morgan fingerprint density at radius 1 is 1.33 bits per heavy atom. The zero-order valence-electron chi connectivity index (χ0n) is 8.40. The summed E-state index contributed by atoms with van der Waals surface area (Å²) < 4.78 is 0. The molecule has 1 saturated heterocycles. The van der Waals surface area contributed by atoms with Gasteiger partial charge in [0.05, 0.1) is 0 Å². The number of nitrogens with one attached hydrogen (secondary N) is 2. The summed E-state index contributed by atoms with van der Waals surface area (Å²) in [6.07, 6.45) is 1.03. The first-order valence-corrected chi connectivity index (χ1v) is 4.93. The average Bonchev–Trinajstić information content (AvgIpc) is 2.72. The van der Waals surface area contributed by atoms with Gasteiger partial charge in [0, 0.05) is 18.2 Å². The van der Waals surface area contributed by atoms with Crippen LogP contribution in [0.5, 0.6) is 0 Å². The van der Waals surface area contributed by atoms with Crippen LogP contribution in [-0.2, 0) is 0 Å². The van der Waals surface area contributed by atoms with Gasteiger partial charge < -0.3 is 10.6 Å². The van der Waals surface area contributed by atoms with Gasteiger partial charge in [-0.25, -0.2) is 0 Å². The maximum absolute atomic E-state index is 11.7. The summed E-state index contributed by atoms with van der Waals surface area (Å²) in [5.74, 6) is 0.0271. The molecule has 0 radical (unpaired) electrons. The predicted molar refractivity (Wildman–Crippen MR) is 62.4 cm³/mol. The van der Waals surface area contributed by atoms with Crippen molar-refractivity contribution in [2.24, 2.45) is 0 Å². The maximum Gasteiger partial charge on any atom is 0.251 e. The zero-order chi connectivity index (χ0) is 9.80. The summed E-state index contributed by atoms with van der Waals surface area (Å²) in [6.45, 7) is 1.89. The minimum atomic E-state index is 0. The van der Waals surface area contributed by atoms with E-state index < -0.39 is 0 Å². The van der Waals surface area contributed by atoms with Gasteiger partial charge in [0.1, 0.15) is 0 Å². The molecule has 15 heavy (non-hydrogen) atoms. The Bertz CT molecular complexity index is 310. The summed E-state index contributed by atoms with van der Waals surface area (Å²) >= 11 is 0. The van der Waals surface area contributed by atoms with Gasteiger partial charge in [0.25, 0.3) is 5.91 Å². The Morgan fingerprint density at radius 3 is 2.67 bits per heavy atom. The largest absolute Gasteiger partial charge is 0.348 e. The predicted octanol–water partition coefficient (Wildman–Crippen LogP) is 1.20. The highest BCUT2D eigenvalue weighted by Gasteiger charge is 2.16. The number of amides is 1. The number of halogens is 1. The first-order valence-electron chi connectivity index (χ1n) is 4.93. The third-order valence-electron chi connectivity index (χ3n) is 2.43. The molecule has 1 aromatic rings. The normalized spacial score (nSPS) is 19.3. The van der Waals surface area contributed by atoms with Crippen LogP contribution in [0.4, 0.5) is 0 Å². The highest BCUT2D eigenvalue weighted by atomic mass is 35.5. The van der Waals surface area contributed by atoms with E-state index in [0.717, 1.165) is 25.1 Å². The van der Waals surface area contributed by atoms with Crippen molar-refractivity contribution in [3.05, 3.63) is 35.9 Å². The molecule has 1 aliphatic heterocycles. The van der Waals surface area contributed by atoms with E-state index >= 15 is 0 Å². The molecule has 1 aromatic carbocycles. The highest BCUT2D eigenvalue weighted by molar-refractivity contribution is 5.94. The fourth-order valence-electron chi connectivity index (χ4n) is 1.64. The molecule has 0 spiro atoms. The molecule has 2 rings (SSSR count). The van der Waals surface area contributed by atoms with Crippen LogP contribution in [0.15, 0.2) is 30.3 Å². The summed E-state index contributed by atoms with van der Waals surface area (Å²) in [7, 11) is 0. The molecule has 82 valence electrons. The molecule has 1 fully saturated rings. The number of hydrogen-bond acceptors (Lipinski definition) is 2. The van der Waals surface area contributed by atoms with E-state index in [0.29, 0.717) is 6.04 Å². The van der Waals surface area contributed by atoms with E-state index in [4.69, 9.17) is 0 Å². The van der Waals surface area contributed by atoms with Crippen LogP contribution >= 0.6 is 12.4 Å². The number of hydrogen-bond donors (Lipinski definition) is 2. The monoisotopic (exact) mass is 226 g/mol. The van der Waals surface area contributed by atoms with Crippen molar-refractivity contribution < 1.29 is 4.79 Å². The molecule has 1 heterocycles. The lowest BCUT2D eigenvalue weighted by Gasteiger charge is -2.10. The Labute approximate surface area is 95.7 Å². The molecular formula is C11H15ClN2O. The highest BCUT2D eigenvalue weighted by Crippen LogP contribution is 2.02. The van der Waals surface area contributed by atoms with E-state index in [1.54, 1.807) is 0 Å². The number of rotatable bonds is 2. The molecule has 1 amide bonds. The topological polar surface area (TPSA) is 41.1 Å². The van der Waals surface area contributed by atoms with Gasteiger partial charge in [0.2, 0.25) is 0 Å². The minimum Gasteiger partial charge on any atom is -0.348 e. The molecule has 1 atom stereocenters. The molecule has 0 saturated carbocycles. The maximum atomic E-state index is 11.7. The van der Waals surface area contributed by atoms with Crippen molar-refractivity contribution in [2.45, 2.75) is 12.5 Å². The summed E-state index contributed by atoms with van der Waals surface area (Å²) in [5.41, 5.74) is 0.736. The second kappa shape index (κ2) is 5.73. The van der Waals surface area contributed by atoms with Gasteiger partial charge >= 0.3 is 0 Å². The molecule has 0 aliphatic carbocycles. The lowest BCUT2D eigenvalue weighted by Crippen LogP contribution is -2.36. The molecular weight excluding hydrogens is 212 g/mol. The first-order chi connectivity index (χ1) is 6.86. The Hall–Kier alpha value is -1.06. The van der Waals surface area contributed by atoms with Gasteiger partial charge in [-0.15, -0.1) is 12.4 Å². The van der Waals surface area contributed by atoms with Crippen molar-refractivity contribution in [3.8, 4) is 0 Å². The lowest BCUT2D eigenvalue weighted by molar-refractivity contribution is 0.0940. The number of carbonyl (C=O) groups excluding carboxylic acids is 1. The molecule has 0 aromatic heterocycles. The van der Waals surface area contributed by atoms with Gasteiger partial charge in [-0.1, -0.05) is 18.2 Å². The summed E-state index contributed by atoms with van der Waals surface area (Å²) in [6, 6.07) is 9.62. The van der Waals surface area contributed by atoms with Gasteiger partial charge in [-0.2, -0.15) is 0 Å². The van der Waals surface area contributed by atoms with E-state index in [2.05, 4.69) is 10.6 Å². The van der Waals surface area contributed by atoms with Crippen LogP contribution in [-0.4, -0.2) is 25.0 Å². The average molecular weight is 227 g/mol. The second-order valence-electron chi connectivity index (χ2n) is 3.53. The van der Waals surface area contributed by atoms with Gasteiger partial charge in [-0.05, 0) is 25.1 Å². The van der Waals surface area contributed by atoms with Gasteiger partial charge in [-0.3, -0.25) is 4.79 Å². The van der Waals surface area contributed by atoms with Crippen molar-refractivity contribution in [3.63, 3.8) is 0 Å². The smallest absolute Gasteiger partial charge is 0.251 e. The fraction of sp³-hybridized carbons (Fsp3) is 0.364. The first kappa shape index (κ1) is 12.0. The number of carbonyl (C=O) groups is 1. The van der Waals surface area contributed by atoms with E-state index in [-0.39, 0.29) is 18.3 Å². The van der Waals surface area contributed by atoms with Crippen LogP contribution in [0.3, 0.4) is 0 Å². The zero-order valence-corrected chi connectivity index (χ0v) is 9.22. The molecule has 1 aliphatic rings. The minimum absolute atomic E-state index is 0. The lowest BCUT2D eigenvalue weighted by atomic mass is 10.2. The fourth-order valence-corrected chi connectivity index (χ4v) is 1.64. The molecule has 4 heteroatoms. The Kier molecular flexibility index (Phi) is 4.59. The van der Waals surface area contributed by atoms with Crippen LogP contribution in [0.25, 0.3) is 0 Å². The van der Waals surface area contributed by atoms with Crippen LogP contribution < -0.4 is 10.6 Å². The summed E-state index contributed by atoms with van der Waals surface area (Å²) in [4.78, 5) is 11.7. The van der Waals surface area contributed by atoms with E-state index in [1.165, 1.54) is 0 Å².